The first-order valence-electron chi connectivity index (χ1n) is 15.1. The van der Waals surface area contributed by atoms with E-state index in [9.17, 15) is 0 Å². The van der Waals surface area contributed by atoms with Gasteiger partial charge in [-0.15, -0.1) is 11.3 Å². The highest BCUT2D eigenvalue weighted by atomic mass is 32.1. The number of fused-ring (bicyclic) bond motifs is 10. The molecule has 210 valence electrons. The predicted octanol–water partition coefficient (Wildman–Crippen LogP) is 11.8. The minimum Gasteiger partial charge on any atom is -0.435 e. The minimum atomic E-state index is 0.635. The van der Waals surface area contributed by atoms with Gasteiger partial charge in [0.05, 0.1) is 11.0 Å². The number of hydrogen-bond acceptors (Lipinski definition) is 3. The van der Waals surface area contributed by atoms with Gasteiger partial charge in [0.15, 0.2) is 5.58 Å². The van der Waals surface area contributed by atoms with Crippen molar-refractivity contribution in [2.45, 2.75) is 0 Å². The van der Waals surface area contributed by atoms with Crippen LogP contribution < -0.4 is 0 Å². The highest BCUT2D eigenvalue weighted by Gasteiger charge is 2.18. The van der Waals surface area contributed by atoms with Crippen LogP contribution in [-0.4, -0.2) is 9.55 Å². The van der Waals surface area contributed by atoms with E-state index in [0.29, 0.717) is 5.89 Å². The molecule has 0 aliphatic heterocycles. The smallest absolute Gasteiger partial charge is 0.227 e. The summed E-state index contributed by atoms with van der Waals surface area (Å²) in [4.78, 5) is 4.96. The molecule has 10 aromatic rings. The van der Waals surface area contributed by atoms with Crippen LogP contribution in [0, 0.1) is 0 Å². The Morgan fingerprint density at radius 2 is 1.27 bits per heavy atom. The molecule has 0 radical (unpaired) electrons. The quantitative estimate of drug-likeness (QED) is 0.204. The van der Waals surface area contributed by atoms with Crippen LogP contribution in [-0.2, 0) is 0 Å². The van der Waals surface area contributed by atoms with E-state index < -0.39 is 0 Å². The number of nitrogens with zero attached hydrogens (tertiary/aromatic N) is 2. The molecule has 0 unspecified atom stereocenters. The molecular weight excluding hydrogens is 569 g/mol. The third-order valence-corrected chi connectivity index (χ3v) is 10.2. The highest BCUT2D eigenvalue weighted by molar-refractivity contribution is 7.26. The van der Waals surface area contributed by atoms with Crippen molar-refractivity contribution in [2.24, 2.45) is 0 Å². The summed E-state index contributed by atoms with van der Waals surface area (Å²) in [5.74, 6) is 0.635. The SMILES string of the molecule is c1ccc(-c2ccc3sc4ccc5nc(-c6ccc(-n7c8ccccc8c8c9ccccc9ccc87)cc6)oc5c4c3c2)cc1. The molecule has 0 N–H and O–H groups in total. The summed E-state index contributed by atoms with van der Waals surface area (Å²) in [7, 11) is 0. The first-order chi connectivity index (χ1) is 22.3. The van der Waals surface area contributed by atoms with Crippen molar-refractivity contribution < 1.29 is 4.42 Å². The van der Waals surface area contributed by atoms with Crippen molar-refractivity contribution >= 4 is 75.2 Å². The fourth-order valence-electron chi connectivity index (χ4n) is 6.95. The van der Waals surface area contributed by atoms with Crippen molar-refractivity contribution in [2.75, 3.05) is 0 Å². The monoisotopic (exact) mass is 592 g/mol. The summed E-state index contributed by atoms with van der Waals surface area (Å²) in [5.41, 5.74) is 8.59. The van der Waals surface area contributed by atoms with Crippen molar-refractivity contribution in [1.29, 1.82) is 0 Å². The lowest BCUT2D eigenvalue weighted by molar-refractivity contribution is 0.623. The zero-order chi connectivity index (χ0) is 29.5. The average Bonchev–Trinajstić information content (AvgIpc) is 3.80. The number of aromatic nitrogens is 2. The van der Waals surface area contributed by atoms with E-state index in [1.165, 1.54) is 58.5 Å². The Bertz CT molecular complexity index is 2750. The first kappa shape index (κ1) is 24.7. The van der Waals surface area contributed by atoms with E-state index in [2.05, 4.69) is 150 Å². The number of oxazole rings is 1. The maximum absolute atomic E-state index is 6.59. The molecule has 0 saturated carbocycles. The van der Waals surface area contributed by atoms with E-state index in [1.54, 1.807) is 11.3 Å². The summed E-state index contributed by atoms with van der Waals surface area (Å²) in [6.45, 7) is 0. The van der Waals surface area contributed by atoms with Gasteiger partial charge in [-0.25, -0.2) is 4.98 Å². The fraction of sp³-hybridized carbons (Fsp3) is 0. The van der Waals surface area contributed by atoms with Gasteiger partial charge in [0.1, 0.15) is 5.52 Å². The Morgan fingerprint density at radius 3 is 2.16 bits per heavy atom. The standard InChI is InChI=1S/C41H24N2OS/c1-2-8-25(9-3-1)28-17-22-36-32(24-28)39-37(45-36)23-20-33-40(39)44-41(42-33)27-14-18-29(19-15-27)43-34-13-7-6-12-31(34)38-30-11-5-4-10-26(30)16-21-35(38)43/h1-24H. The van der Waals surface area contributed by atoms with Crippen LogP contribution in [0.5, 0.6) is 0 Å². The highest BCUT2D eigenvalue weighted by Crippen LogP contribution is 2.42. The number of hydrogen-bond donors (Lipinski definition) is 0. The van der Waals surface area contributed by atoms with Crippen molar-refractivity contribution in [3.05, 3.63) is 146 Å². The number of rotatable bonds is 3. The van der Waals surface area contributed by atoms with Gasteiger partial charge in [0.2, 0.25) is 5.89 Å². The number of thiophene rings is 1. The molecule has 10 rings (SSSR count). The fourth-order valence-corrected chi connectivity index (χ4v) is 8.04. The summed E-state index contributed by atoms with van der Waals surface area (Å²) < 4.78 is 11.4. The largest absolute Gasteiger partial charge is 0.435 e. The molecule has 0 aliphatic rings. The molecule has 4 heteroatoms. The molecule has 3 aromatic heterocycles. The van der Waals surface area contributed by atoms with Crippen LogP contribution in [0.4, 0.5) is 0 Å². The molecule has 0 amide bonds. The molecule has 0 fully saturated rings. The van der Waals surface area contributed by atoms with Gasteiger partial charge in [0.25, 0.3) is 0 Å². The lowest BCUT2D eigenvalue weighted by Crippen LogP contribution is -1.93. The predicted molar refractivity (Wildman–Crippen MR) is 190 cm³/mol. The van der Waals surface area contributed by atoms with E-state index in [0.717, 1.165) is 27.7 Å². The van der Waals surface area contributed by atoms with E-state index in [4.69, 9.17) is 9.40 Å². The summed E-state index contributed by atoms with van der Waals surface area (Å²) in [6.07, 6.45) is 0. The van der Waals surface area contributed by atoms with Gasteiger partial charge in [-0.1, -0.05) is 84.9 Å². The minimum absolute atomic E-state index is 0.635. The van der Waals surface area contributed by atoms with Crippen LogP contribution in [0.3, 0.4) is 0 Å². The second kappa shape index (κ2) is 9.39. The third kappa shape index (κ3) is 3.67. The normalized spacial score (nSPS) is 12.0. The van der Waals surface area contributed by atoms with Crippen molar-refractivity contribution in [3.8, 4) is 28.3 Å². The van der Waals surface area contributed by atoms with Gasteiger partial charge in [-0.05, 0) is 82.6 Å². The average molecular weight is 593 g/mol. The van der Waals surface area contributed by atoms with Gasteiger partial charge >= 0.3 is 0 Å². The molecule has 3 nitrogen and oxygen atoms in total. The van der Waals surface area contributed by atoms with Crippen LogP contribution in [0.2, 0.25) is 0 Å². The maximum Gasteiger partial charge on any atom is 0.227 e. The molecule has 0 bridgehead atoms. The van der Waals surface area contributed by atoms with Gasteiger partial charge < -0.3 is 8.98 Å². The van der Waals surface area contributed by atoms with E-state index >= 15 is 0 Å². The van der Waals surface area contributed by atoms with Crippen molar-refractivity contribution in [3.63, 3.8) is 0 Å². The summed E-state index contributed by atoms with van der Waals surface area (Å²) >= 11 is 1.80. The van der Waals surface area contributed by atoms with Gasteiger partial charge in [-0.2, -0.15) is 0 Å². The van der Waals surface area contributed by atoms with Crippen LogP contribution in [0.1, 0.15) is 0 Å². The molecule has 45 heavy (non-hydrogen) atoms. The summed E-state index contributed by atoms with van der Waals surface area (Å²) in [6, 6.07) is 51.9. The Balaban J connectivity index is 1.11. The molecule has 0 atom stereocenters. The topological polar surface area (TPSA) is 31.0 Å². The number of benzene rings is 7. The Hall–Kier alpha value is -5.71. The molecule has 0 aliphatic carbocycles. The molecule has 0 spiro atoms. The van der Waals surface area contributed by atoms with Gasteiger partial charge in [-0.3, -0.25) is 0 Å². The van der Waals surface area contributed by atoms with E-state index in [-0.39, 0.29) is 0 Å². The lowest BCUT2D eigenvalue weighted by atomic mass is 10.0. The number of para-hydroxylation sites is 1. The third-order valence-electron chi connectivity index (χ3n) is 9.03. The maximum atomic E-state index is 6.59. The van der Waals surface area contributed by atoms with E-state index in [1.807, 2.05) is 0 Å². The second-order valence-corrected chi connectivity index (χ2v) is 12.6. The van der Waals surface area contributed by atoms with Crippen LogP contribution >= 0.6 is 11.3 Å². The Labute approximate surface area is 262 Å². The van der Waals surface area contributed by atoms with Crippen LogP contribution in [0.15, 0.2) is 150 Å². The van der Waals surface area contributed by atoms with Crippen molar-refractivity contribution in [1.82, 2.24) is 9.55 Å². The molecular formula is C41H24N2OS. The zero-order valence-electron chi connectivity index (χ0n) is 24.1. The first-order valence-corrected chi connectivity index (χ1v) is 15.9. The zero-order valence-corrected chi connectivity index (χ0v) is 24.9. The molecule has 0 saturated heterocycles. The van der Waals surface area contributed by atoms with Gasteiger partial charge in [0, 0.05) is 42.2 Å². The Morgan fingerprint density at radius 1 is 0.511 bits per heavy atom. The Kier molecular flexibility index (Phi) is 5.16. The lowest BCUT2D eigenvalue weighted by Gasteiger charge is -2.09. The molecule has 7 aromatic carbocycles. The van der Waals surface area contributed by atoms with Crippen LogP contribution in [0.25, 0.3) is 92.1 Å². The summed E-state index contributed by atoms with van der Waals surface area (Å²) in [5, 5.41) is 7.42. The second-order valence-electron chi connectivity index (χ2n) is 11.6. The molecule has 3 heterocycles.